The van der Waals surface area contributed by atoms with Crippen LogP contribution in [0.4, 0.5) is 19.0 Å². The fraction of sp³-hybridized carbons (Fsp3) is 0.333. The van der Waals surface area contributed by atoms with Crippen molar-refractivity contribution < 1.29 is 23.1 Å². The van der Waals surface area contributed by atoms with Crippen molar-refractivity contribution in [1.29, 1.82) is 5.26 Å². The normalized spacial score (nSPS) is 13.4. The summed E-state index contributed by atoms with van der Waals surface area (Å²) in [5.41, 5.74) is 5.93. The van der Waals surface area contributed by atoms with E-state index < -0.39 is 31.0 Å². The lowest BCUT2D eigenvalue weighted by Gasteiger charge is -2.13. The molecule has 2 aromatic heterocycles. The number of aliphatic carboxylic acids is 1. The van der Waals surface area contributed by atoms with E-state index in [9.17, 15) is 23.2 Å². The number of nitrogens with zero attached hydrogens (tertiary/aromatic N) is 4. The maximum atomic E-state index is 12.9. The summed E-state index contributed by atoms with van der Waals surface area (Å²) in [6, 6.07) is 2.70. The fourth-order valence-corrected chi connectivity index (χ4v) is 2.17. The quantitative estimate of drug-likeness (QED) is 0.823. The molecule has 25 heavy (non-hydrogen) atoms. The molecule has 0 aliphatic heterocycles. The number of rotatable bonds is 6. The highest BCUT2D eigenvalue weighted by Crippen LogP contribution is 2.30. The highest BCUT2D eigenvalue weighted by molar-refractivity contribution is 5.76. The maximum absolute atomic E-state index is 12.9. The van der Waals surface area contributed by atoms with Crippen molar-refractivity contribution in [2.24, 2.45) is 0 Å². The first-order valence-corrected chi connectivity index (χ1v) is 7.13. The Bertz CT molecular complexity index is 814. The van der Waals surface area contributed by atoms with Crippen LogP contribution in [0.15, 0.2) is 18.3 Å². The number of alkyl halides is 3. The number of hydrogen-bond donors (Lipinski definition) is 2. The number of hydrogen-bond acceptors (Lipinski definition) is 5. The van der Waals surface area contributed by atoms with Crippen molar-refractivity contribution in [2.75, 3.05) is 12.4 Å². The summed E-state index contributed by atoms with van der Waals surface area (Å²) >= 11 is 0. The molecular weight excluding hydrogens is 339 g/mol. The van der Waals surface area contributed by atoms with E-state index in [0.29, 0.717) is 10.2 Å². The third-order valence-corrected chi connectivity index (χ3v) is 3.72. The van der Waals surface area contributed by atoms with E-state index in [-0.39, 0.29) is 22.8 Å². The number of halogens is 3. The number of carbonyl (C=O) groups is 1. The molecule has 0 radical (unpaired) electrons. The predicted octanol–water partition coefficient (Wildman–Crippen LogP) is 2.36. The summed E-state index contributed by atoms with van der Waals surface area (Å²) in [7, 11) is 0. The topological polar surface area (TPSA) is 118 Å². The molecule has 2 unspecified atom stereocenters. The Kier molecular flexibility index (Phi) is 5.26. The van der Waals surface area contributed by atoms with E-state index in [1.165, 1.54) is 25.3 Å². The maximum Gasteiger partial charge on any atom is 0.310 e. The van der Waals surface area contributed by atoms with Gasteiger partial charge in [0.25, 0.3) is 6.43 Å². The van der Waals surface area contributed by atoms with Crippen LogP contribution in [0.25, 0.3) is 11.4 Å². The van der Waals surface area contributed by atoms with Gasteiger partial charge in [-0.1, -0.05) is 6.07 Å². The zero-order chi connectivity index (χ0) is 18.7. The zero-order valence-corrected chi connectivity index (χ0v) is 13.0. The summed E-state index contributed by atoms with van der Waals surface area (Å²) in [4.78, 5) is 15.0. The zero-order valence-electron chi connectivity index (χ0n) is 13.0. The summed E-state index contributed by atoms with van der Waals surface area (Å²) in [5, 5.41) is 22.0. The molecule has 2 atom stereocenters. The molecule has 0 fully saturated rings. The van der Waals surface area contributed by atoms with Gasteiger partial charge in [-0.2, -0.15) is 10.4 Å². The number of nitriles is 1. The molecule has 0 aromatic carbocycles. The van der Waals surface area contributed by atoms with Crippen molar-refractivity contribution >= 4 is 11.8 Å². The van der Waals surface area contributed by atoms with Gasteiger partial charge in [-0.3, -0.25) is 9.78 Å². The number of aromatic nitrogens is 3. The van der Waals surface area contributed by atoms with Gasteiger partial charge in [0.05, 0.1) is 11.6 Å². The lowest BCUT2D eigenvalue weighted by molar-refractivity contribution is -0.138. The van der Waals surface area contributed by atoms with Crippen LogP contribution >= 0.6 is 0 Å². The van der Waals surface area contributed by atoms with E-state index in [0.717, 1.165) is 0 Å². The van der Waals surface area contributed by atoms with Crippen molar-refractivity contribution in [1.82, 2.24) is 14.8 Å². The summed E-state index contributed by atoms with van der Waals surface area (Å²) < 4.78 is 39.3. The van der Waals surface area contributed by atoms with Crippen molar-refractivity contribution in [3.63, 3.8) is 0 Å². The predicted molar refractivity (Wildman–Crippen MR) is 81.7 cm³/mol. The summed E-state index contributed by atoms with van der Waals surface area (Å²) in [6.07, 6.45) is -1.78. The third-order valence-electron chi connectivity index (χ3n) is 3.72. The number of pyridine rings is 1. The molecular formula is C15H14F3N5O2. The molecule has 0 aliphatic rings. The van der Waals surface area contributed by atoms with Gasteiger partial charge in [0.2, 0.25) is 0 Å². The van der Waals surface area contributed by atoms with Crippen LogP contribution in [0.2, 0.25) is 0 Å². The third kappa shape index (κ3) is 3.40. The molecule has 0 saturated heterocycles. The minimum atomic E-state index is -3.06. The minimum absolute atomic E-state index is 0.0753. The molecule has 2 heterocycles. The first-order valence-electron chi connectivity index (χ1n) is 7.13. The lowest BCUT2D eigenvalue weighted by Crippen LogP contribution is -2.22. The van der Waals surface area contributed by atoms with Crippen LogP contribution in [0.3, 0.4) is 0 Å². The van der Waals surface area contributed by atoms with Gasteiger partial charge in [0.1, 0.15) is 35.9 Å². The van der Waals surface area contributed by atoms with Crippen molar-refractivity contribution in [2.45, 2.75) is 25.3 Å². The Balaban J connectivity index is 2.49. The second kappa shape index (κ2) is 7.21. The van der Waals surface area contributed by atoms with Crippen LogP contribution in [-0.2, 0) is 4.79 Å². The van der Waals surface area contributed by atoms with Gasteiger partial charge >= 0.3 is 5.97 Å². The molecule has 0 spiro atoms. The van der Waals surface area contributed by atoms with Gasteiger partial charge in [0, 0.05) is 6.20 Å². The van der Waals surface area contributed by atoms with Gasteiger partial charge in [-0.05, 0) is 18.6 Å². The van der Waals surface area contributed by atoms with Gasteiger partial charge in [-0.25, -0.2) is 17.9 Å². The monoisotopic (exact) mass is 353 g/mol. The second-order valence-corrected chi connectivity index (χ2v) is 5.26. The van der Waals surface area contributed by atoms with Gasteiger partial charge in [-0.15, -0.1) is 0 Å². The van der Waals surface area contributed by atoms with Crippen LogP contribution in [0.1, 0.15) is 30.0 Å². The SMILES string of the molecule is CC(C(=O)O)c1ccc(-c2nn(C(CF)C(F)F)c(N)c2C#N)nc1. The van der Waals surface area contributed by atoms with Gasteiger partial charge < -0.3 is 10.8 Å². The van der Waals surface area contributed by atoms with E-state index in [1.54, 1.807) is 6.07 Å². The molecule has 10 heteroatoms. The minimum Gasteiger partial charge on any atom is -0.481 e. The molecule has 0 amide bonds. The van der Waals surface area contributed by atoms with Gasteiger partial charge in [0.15, 0.2) is 0 Å². The number of carboxylic acid groups (broad SMARTS) is 1. The average molecular weight is 353 g/mol. The van der Waals surface area contributed by atoms with Crippen molar-refractivity contribution in [3.05, 3.63) is 29.5 Å². The molecule has 2 rings (SSSR count). The molecule has 0 aliphatic carbocycles. The molecule has 7 nitrogen and oxygen atoms in total. The largest absolute Gasteiger partial charge is 0.481 e. The Morgan fingerprint density at radius 3 is 2.60 bits per heavy atom. The number of carboxylic acids is 1. The first kappa shape index (κ1) is 18.3. The highest BCUT2D eigenvalue weighted by atomic mass is 19.3. The fourth-order valence-electron chi connectivity index (χ4n) is 2.17. The molecule has 3 N–H and O–H groups in total. The second-order valence-electron chi connectivity index (χ2n) is 5.26. The standard InChI is InChI=1S/C15H14F3N5O2/c1-7(15(24)25)8-2-3-10(21-6-8)12-9(5-19)14(20)23(22-12)11(4-16)13(17)18/h2-3,6-7,11,13H,4,20H2,1H3,(H,24,25). The lowest BCUT2D eigenvalue weighted by atomic mass is 10.0. The van der Waals surface area contributed by atoms with Crippen LogP contribution in [0, 0.1) is 11.3 Å². The first-order chi connectivity index (χ1) is 11.8. The van der Waals surface area contributed by atoms with Crippen LogP contribution in [0.5, 0.6) is 0 Å². The molecule has 0 saturated carbocycles. The Hall–Kier alpha value is -3.09. The summed E-state index contributed by atoms with van der Waals surface area (Å²) in [6.45, 7) is 0.0667. The van der Waals surface area contributed by atoms with E-state index in [4.69, 9.17) is 10.8 Å². The number of anilines is 1. The Morgan fingerprint density at radius 2 is 2.16 bits per heavy atom. The summed E-state index contributed by atoms with van der Waals surface area (Å²) in [5.74, 6) is -2.22. The Labute approximate surface area is 140 Å². The van der Waals surface area contributed by atoms with E-state index in [1.807, 2.05) is 0 Å². The van der Waals surface area contributed by atoms with Crippen LogP contribution < -0.4 is 5.73 Å². The number of nitrogens with two attached hydrogens (primary N) is 1. The van der Waals surface area contributed by atoms with Crippen molar-refractivity contribution in [3.8, 4) is 17.5 Å². The number of nitrogen functional groups attached to an aromatic ring is 1. The molecule has 0 bridgehead atoms. The van der Waals surface area contributed by atoms with E-state index in [2.05, 4.69) is 10.1 Å². The van der Waals surface area contributed by atoms with Crippen LogP contribution in [-0.4, -0.2) is 38.9 Å². The highest BCUT2D eigenvalue weighted by Gasteiger charge is 2.29. The average Bonchev–Trinajstić information content (AvgIpc) is 2.91. The Morgan fingerprint density at radius 1 is 1.48 bits per heavy atom. The molecule has 2 aromatic rings. The molecule has 132 valence electrons. The van der Waals surface area contributed by atoms with E-state index >= 15 is 0 Å². The smallest absolute Gasteiger partial charge is 0.310 e.